The molecule has 0 saturated heterocycles. The summed E-state index contributed by atoms with van der Waals surface area (Å²) in [5.41, 5.74) is 4.03. The summed E-state index contributed by atoms with van der Waals surface area (Å²) < 4.78 is 0. The summed E-state index contributed by atoms with van der Waals surface area (Å²) in [5.74, 6) is 0.909. The summed E-state index contributed by atoms with van der Waals surface area (Å²) in [7, 11) is 0. The second-order valence-corrected chi connectivity index (χ2v) is 10.9. The minimum absolute atomic E-state index is 0.119. The van der Waals surface area contributed by atoms with Gasteiger partial charge in [0, 0.05) is 15.8 Å². The number of nitrogens with zero attached hydrogens (tertiary/aromatic N) is 2. The maximum absolute atomic E-state index is 12.6. The summed E-state index contributed by atoms with van der Waals surface area (Å²) in [6, 6.07) is 8.30. The van der Waals surface area contributed by atoms with Crippen LogP contribution in [-0.4, -0.2) is 26.1 Å². The highest BCUT2D eigenvalue weighted by Crippen LogP contribution is 2.28. The number of hydrogen-bond donors (Lipinski definition) is 2. The molecule has 32 heavy (non-hydrogen) atoms. The van der Waals surface area contributed by atoms with E-state index in [1.165, 1.54) is 40.0 Å². The van der Waals surface area contributed by atoms with Gasteiger partial charge in [-0.3, -0.25) is 9.59 Å². The van der Waals surface area contributed by atoms with Crippen molar-refractivity contribution in [2.45, 2.75) is 45.1 Å². The molecule has 4 rings (SSSR count). The van der Waals surface area contributed by atoms with E-state index in [1.54, 1.807) is 0 Å². The van der Waals surface area contributed by atoms with Crippen LogP contribution < -0.4 is 10.9 Å². The SMILES string of the molecule is CCc1ccc(-c2csc(NC(=O)C(C)SCc3nc4sc(C)c(C)c4c(=O)[nH]3)n2)cc1. The van der Waals surface area contributed by atoms with E-state index < -0.39 is 0 Å². The van der Waals surface area contributed by atoms with Crippen molar-refractivity contribution >= 4 is 55.7 Å². The van der Waals surface area contributed by atoms with Gasteiger partial charge in [-0.25, -0.2) is 9.97 Å². The molecule has 1 atom stereocenters. The number of anilines is 1. The maximum Gasteiger partial charge on any atom is 0.259 e. The predicted octanol–water partition coefficient (Wildman–Crippen LogP) is 5.55. The first-order valence-corrected chi connectivity index (χ1v) is 13.1. The molecule has 1 unspecified atom stereocenters. The van der Waals surface area contributed by atoms with Crippen LogP contribution in [0.5, 0.6) is 0 Å². The Labute approximate surface area is 198 Å². The van der Waals surface area contributed by atoms with E-state index in [0.29, 0.717) is 22.1 Å². The molecular weight excluding hydrogens is 460 g/mol. The van der Waals surface area contributed by atoms with Crippen molar-refractivity contribution in [1.29, 1.82) is 0 Å². The maximum atomic E-state index is 12.6. The first kappa shape index (κ1) is 22.7. The minimum Gasteiger partial charge on any atom is -0.309 e. The second-order valence-electron chi connectivity index (χ2n) is 7.51. The van der Waals surface area contributed by atoms with Crippen LogP contribution in [0.2, 0.25) is 0 Å². The molecule has 2 N–H and O–H groups in total. The average molecular weight is 485 g/mol. The number of fused-ring (bicyclic) bond motifs is 1. The largest absolute Gasteiger partial charge is 0.309 e. The lowest BCUT2D eigenvalue weighted by Gasteiger charge is -2.10. The number of benzene rings is 1. The summed E-state index contributed by atoms with van der Waals surface area (Å²) in [4.78, 5) is 38.9. The highest BCUT2D eigenvalue weighted by molar-refractivity contribution is 7.99. The van der Waals surface area contributed by atoms with E-state index in [9.17, 15) is 9.59 Å². The molecule has 1 aromatic carbocycles. The number of thiophene rings is 1. The molecule has 0 saturated carbocycles. The summed E-state index contributed by atoms with van der Waals surface area (Å²) in [5, 5.41) is 5.77. The van der Waals surface area contributed by atoms with Gasteiger partial charge >= 0.3 is 0 Å². The number of H-pyrrole nitrogens is 1. The van der Waals surface area contributed by atoms with Crippen LogP contribution in [0, 0.1) is 13.8 Å². The normalized spacial score (nSPS) is 12.2. The lowest BCUT2D eigenvalue weighted by Crippen LogP contribution is -2.23. The first-order chi connectivity index (χ1) is 15.4. The Hall–Kier alpha value is -2.49. The molecule has 0 aliphatic heterocycles. The fourth-order valence-corrected chi connectivity index (χ4v) is 5.76. The number of nitrogens with one attached hydrogen (secondary N) is 2. The quantitative estimate of drug-likeness (QED) is 0.359. The van der Waals surface area contributed by atoms with Gasteiger partial charge in [0.05, 0.1) is 22.1 Å². The van der Waals surface area contributed by atoms with Gasteiger partial charge in [0.15, 0.2) is 5.13 Å². The number of thiazole rings is 1. The Morgan fingerprint density at radius 1 is 1.22 bits per heavy atom. The number of thioether (sulfide) groups is 1. The Morgan fingerprint density at radius 2 is 1.97 bits per heavy atom. The number of aromatic amines is 1. The van der Waals surface area contributed by atoms with Crippen LogP contribution in [0.25, 0.3) is 21.5 Å². The Bertz CT molecular complexity index is 1320. The Morgan fingerprint density at radius 3 is 2.69 bits per heavy atom. The zero-order valence-electron chi connectivity index (χ0n) is 18.3. The van der Waals surface area contributed by atoms with Crippen molar-refractivity contribution in [2.24, 2.45) is 0 Å². The monoisotopic (exact) mass is 484 g/mol. The Kier molecular flexibility index (Phi) is 6.78. The van der Waals surface area contributed by atoms with Crippen LogP contribution in [-0.2, 0) is 17.0 Å². The molecule has 0 aliphatic rings. The number of aryl methyl sites for hydroxylation is 3. The molecule has 6 nitrogen and oxygen atoms in total. The second kappa shape index (κ2) is 9.56. The smallest absolute Gasteiger partial charge is 0.259 e. The van der Waals surface area contributed by atoms with Gasteiger partial charge in [0.1, 0.15) is 10.7 Å². The number of aromatic nitrogens is 3. The van der Waals surface area contributed by atoms with Gasteiger partial charge in [0.2, 0.25) is 5.91 Å². The average Bonchev–Trinajstić information content (AvgIpc) is 3.36. The van der Waals surface area contributed by atoms with Gasteiger partial charge in [-0.2, -0.15) is 0 Å². The summed E-state index contributed by atoms with van der Waals surface area (Å²) in [6.07, 6.45) is 0.998. The van der Waals surface area contributed by atoms with Crippen molar-refractivity contribution in [3.63, 3.8) is 0 Å². The highest BCUT2D eigenvalue weighted by Gasteiger charge is 2.17. The molecule has 3 aromatic heterocycles. The lowest BCUT2D eigenvalue weighted by atomic mass is 10.1. The third kappa shape index (κ3) is 4.79. The van der Waals surface area contributed by atoms with Gasteiger partial charge in [0.25, 0.3) is 5.56 Å². The zero-order valence-corrected chi connectivity index (χ0v) is 20.8. The van der Waals surface area contributed by atoms with Gasteiger partial charge in [-0.05, 0) is 38.3 Å². The standard InChI is InChI=1S/C23H24N4O2S3/c1-5-15-6-8-16(9-7-15)17-10-31-23(24-17)27-20(28)14(4)30-11-18-25-21(29)19-12(2)13(3)32-22(19)26-18/h6-10,14H,5,11H2,1-4H3,(H,24,27,28)(H,25,26,29). The number of rotatable bonds is 7. The molecule has 0 radical (unpaired) electrons. The van der Waals surface area contributed by atoms with E-state index in [4.69, 9.17) is 0 Å². The number of hydrogen-bond acceptors (Lipinski definition) is 7. The third-order valence-corrected chi connectivity index (χ3v) is 8.33. The zero-order chi connectivity index (χ0) is 22.8. The van der Waals surface area contributed by atoms with Crippen molar-refractivity contribution < 1.29 is 4.79 Å². The van der Waals surface area contributed by atoms with Gasteiger partial charge in [-0.1, -0.05) is 31.2 Å². The molecule has 0 aliphatic carbocycles. The first-order valence-electron chi connectivity index (χ1n) is 10.3. The number of carbonyl (C=O) groups excluding carboxylic acids is 1. The van der Waals surface area contributed by atoms with Crippen LogP contribution >= 0.6 is 34.4 Å². The molecule has 166 valence electrons. The van der Waals surface area contributed by atoms with Gasteiger partial charge in [-0.15, -0.1) is 34.4 Å². The minimum atomic E-state index is -0.320. The number of amides is 1. The Balaban J connectivity index is 1.38. The van der Waals surface area contributed by atoms with Crippen molar-refractivity contribution in [3.8, 4) is 11.3 Å². The number of carbonyl (C=O) groups is 1. The van der Waals surface area contributed by atoms with Crippen LogP contribution in [0.1, 0.15) is 35.7 Å². The molecule has 9 heteroatoms. The molecule has 4 aromatic rings. The van der Waals surface area contributed by atoms with Crippen LogP contribution in [0.4, 0.5) is 5.13 Å². The topological polar surface area (TPSA) is 87.7 Å². The van der Waals surface area contributed by atoms with E-state index in [1.807, 2.05) is 26.2 Å². The lowest BCUT2D eigenvalue weighted by molar-refractivity contribution is -0.115. The molecular formula is C23H24N4O2S3. The van der Waals surface area contributed by atoms with E-state index >= 15 is 0 Å². The van der Waals surface area contributed by atoms with Gasteiger partial charge < -0.3 is 10.3 Å². The van der Waals surface area contributed by atoms with Crippen molar-refractivity contribution in [2.75, 3.05) is 5.32 Å². The molecule has 0 fully saturated rings. The molecule has 3 heterocycles. The summed E-state index contributed by atoms with van der Waals surface area (Å²) >= 11 is 4.37. The fourth-order valence-electron chi connectivity index (χ4n) is 3.23. The van der Waals surface area contributed by atoms with E-state index in [0.717, 1.165) is 32.9 Å². The van der Waals surface area contributed by atoms with Crippen molar-refractivity contribution in [3.05, 3.63) is 61.8 Å². The predicted molar refractivity (Wildman–Crippen MR) is 136 cm³/mol. The van der Waals surface area contributed by atoms with Crippen LogP contribution in [0.3, 0.4) is 0 Å². The third-order valence-electron chi connectivity index (χ3n) is 5.32. The van der Waals surface area contributed by atoms with E-state index in [-0.39, 0.29) is 16.7 Å². The fraction of sp³-hybridized carbons (Fsp3) is 0.304. The van der Waals surface area contributed by atoms with Crippen LogP contribution in [0.15, 0.2) is 34.4 Å². The highest BCUT2D eigenvalue weighted by atomic mass is 32.2. The van der Waals surface area contributed by atoms with Crippen molar-refractivity contribution in [1.82, 2.24) is 15.0 Å². The molecule has 1 amide bonds. The molecule has 0 bridgehead atoms. The molecule has 0 spiro atoms. The van der Waals surface area contributed by atoms with E-state index in [2.05, 4.69) is 51.5 Å². The summed E-state index contributed by atoms with van der Waals surface area (Å²) in [6.45, 7) is 7.90.